The van der Waals surface area contributed by atoms with Crippen molar-refractivity contribution in [1.82, 2.24) is 29.3 Å². The van der Waals surface area contributed by atoms with Crippen molar-refractivity contribution in [3.8, 4) is 34.4 Å². The van der Waals surface area contributed by atoms with Crippen molar-refractivity contribution >= 4 is 21.8 Å². The minimum absolute atomic E-state index is 0.568. The average Bonchev–Trinajstić information content (AvgIpc) is 3.54. The molecule has 0 bridgehead atoms. The van der Waals surface area contributed by atoms with Gasteiger partial charge in [0.15, 0.2) is 5.82 Å². The lowest BCUT2D eigenvalue weighted by Gasteiger charge is -2.10. The first kappa shape index (κ1) is 22.1. The van der Waals surface area contributed by atoms with Crippen LogP contribution >= 0.6 is 0 Å². The quantitative estimate of drug-likeness (QED) is 0.263. The third-order valence-corrected chi connectivity index (χ3v) is 6.77. The highest BCUT2D eigenvalue weighted by atomic mass is 15.4. The van der Waals surface area contributed by atoms with Gasteiger partial charge in [-0.15, -0.1) is 5.10 Å². The second kappa shape index (κ2) is 8.78. The van der Waals surface area contributed by atoms with Crippen LogP contribution in [0.1, 0.15) is 11.4 Å². The van der Waals surface area contributed by atoms with Crippen molar-refractivity contribution in [3.05, 3.63) is 121 Å². The van der Waals surface area contributed by atoms with Gasteiger partial charge in [0.1, 0.15) is 11.4 Å². The molecule has 7 aromatic rings. The summed E-state index contributed by atoms with van der Waals surface area (Å²) in [6.45, 7) is 3.95. The number of pyridine rings is 2. The Bertz CT molecular complexity index is 1890. The van der Waals surface area contributed by atoms with Gasteiger partial charge in [0.05, 0.1) is 16.7 Å². The molecule has 0 aliphatic carbocycles. The van der Waals surface area contributed by atoms with Crippen LogP contribution in [-0.2, 0) is 0 Å². The van der Waals surface area contributed by atoms with Gasteiger partial charge in [-0.25, -0.2) is 19.6 Å². The van der Waals surface area contributed by atoms with Crippen molar-refractivity contribution in [2.45, 2.75) is 13.8 Å². The van der Waals surface area contributed by atoms with Gasteiger partial charge in [-0.1, -0.05) is 48.5 Å². The molecular weight excluding hydrogens is 468 g/mol. The Morgan fingerprint density at radius 2 is 1.05 bits per heavy atom. The van der Waals surface area contributed by atoms with E-state index in [0.717, 1.165) is 34.2 Å². The summed E-state index contributed by atoms with van der Waals surface area (Å²) in [5, 5.41) is 7.37. The predicted molar refractivity (Wildman–Crippen MR) is 152 cm³/mol. The summed E-state index contributed by atoms with van der Waals surface area (Å²) in [7, 11) is 0. The lowest BCUT2D eigenvalue weighted by Crippen LogP contribution is -2.02. The largest absolute Gasteiger partial charge is 0.309 e. The Kier molecular flexibility index (Phi) is 5.11. The number of aryl methyl sites for hydroxylation is 2. The highest BCUT2D eigenvalue weighted by Gasteiger charge is 2.18. The molecule has 6 heteroatoms. The van der Waals surface area contributed by atoms with Gasteiger partial charge in [0.2, 0.25) is 5.82 Å². The van der Waals surface area contributed by atoms with E-state index in [2.05, 4.69) is 82.3 Å². The molecule has 0 spiro atoms. The first-order valence-corrected chi connectivity index (χ1v) is 12.6. The van der Waals surface area contributed by atoms with Gasteiger partial charge >= 0.3 is 0 Å². The van der Waals surface area contributed by atoms with E-state index in [1.165, 1.54) is 21.8 Å². The fourth-order valence-corrected chi connectivity index (χ4v) is 5.05. The smallest absolute Gasteiger partial charge is 0.200 e. The van der Waals surface area contributed by atoms with Crippen LogP contribution in [0.25, 0.3) is 56.2 Å². The molecule has 38 heavy (non-hydrogen) atoms. The van der Waals surface area contributed by atoms with E-state index < -0.39 is 0 Å². The molecule has 4 heterocycles. The molecule has 0 radical (unpaired) electrons. The molecule has 0 unspecified atom stereocenters. The van der Waals surface area contributed by atoms with E-state index in [4.69, 9.17) is 15.1 Å². The number of benzene rings is 3. The van der Waals surface area contributed by atoms with Crippen LogP contribution in [0.3, 0.4) is 0 Å². The monoisotopic (exact) mass is 492 g/mol. The van der Waals surface area contributed by atoms with E-state index in [9.17, 15) is 0 Å². The van der Waals surface area contributed by atoms with Crippen molar-refractivity contribution < 1.29 is 0 Å². The van der Waals surface area contributed by atoms with E-state index in [0.29, 0.717) is 11.6 Å². The average molecular weight is 493 g/mol. The molecule has 182 valence electrons. The van der Waals surface area contributed by atoms with Crippen molar-refractivity contribution in [2.24, 2.45) is 0 Å². The maximum Gasteiger partial charge on any atom is 0.200 e. The summed E-state index contributed by atoms with van der Waals surface area (Å²) < 4.78 is 4.16. The fraction of sp³-hybridized carbons (Fsp3) is 0.0625. The summed E-state index contributed by atoms with van der Waals surface area (Å²) in [5.41, 5.74) is 7.70. The zero-order valence-electron chi connectivity index (χ0n) is 21.1. The second-order valence-electron chi connectivity index (χ2n) is 9.39. The Morgan fingerprint density at radius 1 is 0.500 bits per heavy atom. The molecule has 6 nitrogen and oxygen atoms in total. The highest BCUT2D eigenvalue weighted by Crippen LogP contribution is 2.32. The maximum absolute atomic E-state index is 4.89. The fourth-order valence-electron chi connectivity index (χ4n) is 5.05. The third-order valence-electron chi connectivity index (χ3n) is 6.77. The SMILES string of the molecule is Cc1cccc(-c2nc(-c3cccc(C)n3)n(-c3ccc(-n4c5ccccc5c5ccccc54)cc3)n2)n1. The van der Waals surface area contributed by atoms with Crippen LogP contribution in [0.4, 0.5) is 0 Å². The molecule has 3 aromatic carbocycles. The van der Waals surface area contributed by atoms with Gasteiger partial charge < -0.3 is 4.57 Å². The Hall–Kier alpha value is -5.10. The van der Waals surface area contributed by atoms with Gasteiger partial charge in [-0.05, 0) is 74.5 Å². The first-order valence-electron chi connectivity index (χ1n) is 12.6. The Balaban J connectivity index is 1.38. The zero-order chi connectivity index (χ0) is 25.6. The second-order valence-corrected chi connectivity index (χ2v) is 9.39. The van der Waals surface area contributed by atoms with Crippen molar-refractivity contribution in [2.75, 3.05) is 0 Å². The van der Waals surface area contributed by atoms with Gasteiger partial charge in [-0.2, -0.15) is 0 Å². The molecule has 4 aromatic heterocycles. The van der Waals surface area contributed by atoms with E-state index in [-0.39, 0.29) is 0 Å². The summed E-state index contributed by atoms with van der Waals surface area (Å²) in [6, 6.07) is 37.3. The summed E-state index contributed by atoms with van der Waals surface area (Å²) in [4.78, 5) is 14.3. The number of hydrogen-bond acceptors (Lipinski definition) is 4. The summed E-state index contributed by atoms with van der Waals surface area (Å²) in [5.74, 6) is 1.25. The van der Waals surface area contributed by atoms with Gasteiger partial charge in [-0.3, -0.25) is 0 Å². The Morgan fingerprint density at radius 3 is 1.68 bits per heavy atom. The number of rotatable bonds is 4. The maximum atomic E-state index is 4.89. The Labute approximate surface area is 219 Å². The van der Waals surface area contributed by atoms with Crippen molar-refractivity contribution in [1.29, 1.82) is 0 Å². The molecule has 0 fully saturated rings. The molecule has 0 N–H and O–H groups in total. The van der Waals surface area contributed by atoms with Gasteiger partial charge in [0.25, 0.3) is 0 Å². The highest BCUT2D eigenvalue weighted by molar-refractivity contribution is 6.09. The van der Waals surface area contributed by atoms with E-state index in [1.54, 1.807) is 0 Å². The lowest BCUT2D eigenvalue weighted by atomic mass is 10.2. The van der Waals surface area contributed by atoms with E-state index in [1.807, 2.05) is 54.9 Å². The van der Waals surface area contributed by atoms with E-state index >= 15 is 0 Å². The summed E-state index contributed by atoms with van der Waals surface area (Å²) >= 11 is 0. The molecule has 0 saturated carbocycles. The van der Waals surface area contributed by atoms with Crippen LogP contribution in [0.5, 0.6) is 0 Å². The standard InChI is InChI=1S/C32H24N6/c1-21-9-7-13-27(33-21)31-35-32(28-14-8-10-22(2)34-28)38(36-31)24-19-17-23(18-20-24)37-29-15-5-3-11-25(29)26-12-4-6-16-30(26)37/h3-20H,1-2H3. The minimum atomic E-state index is 0.568. The van der Waals surface area contributed by atoms with Gasteiger partial charge in [0, 0.05) is 27.8 Å². The third kappa shape index (κ3) is 3.66. The number of aromatic nitrogens is 6. The van der Waals surface area contributed by atoms with Crippen LogP contribution in [0, 0.1) is 13.8 Å². The lowest BCUT2D eigenvalue weighted by molar-refractivity contribution is 0.882. The molecule has 0 atom stereocenters. The minimum Gasteiger partial charge on any atom is -0.309 e. The number of nitrogens with zero attached hydrogens (tertiary/aromatic N) is 6. The van der Waals surface area contributed by atoms with Crippen LogP contribution < -0.4 is 0 Å². The molecule has 0 amide bonds. The van der Waals surface area contributed by atoms with Crippen LogP contribution in [0.15, 0.2) is 109 Å². The van der Waals surface area contributed by atoms with Crippen molar-refractivity contribution in [3.63, 3.8) is 0 Å². The predicted octanol–water partition coefficient (Wildman–Crippen LogP) is 7.11. The normalized spacial score (nSPS) is 11.4. The zero-order valence-corrected chi connectivity index (χ0v) is 21.1. The molecule has 0 aliphatic rings. The summed E-state index contributed by atoms with van der Waals surface area (Å²) in [6.07, 6.45) is 0. The molecule has 0 saturated heterocycles. The number of hydrogen-bond donors (Lipinski definition) is 0. The molecule has 0 aliphatic heterocycles. The first-order chi connectivity index (χ1) is 18.7. The van der Waals surface area contributed by atoms with Crippen LogP contribution in [0.2, 0.25) is 0 Å². The van der Waals surface area contributed by atoms with Crippen LogP contribution in [-0.4, -0.2) is 29.3 Å². The number of para-hydroxylation sites is 2. The number of fused-ring (bicyclic) bond motifs is 3. The topological polar surface area (TPSA) is 61.4 Å². The molecule has 7 rings (SSSR count). The molecular formula is C32H24N6.